The van der Waals surface area contributed by atoms with Gasteiger partial charge in [0.25, 0.3) is 0 Å². The highest BCUT2D eigenvalue weighted by Gasteiger charge is 2.00. The Morgan fingerprint density at radius 2 is 1.89 bits per heavy atom. The van der Waals surface area contributed by atoms with Crippen LogP contribution in [-0.4, -0.2) is 39.6 Å². The summed E-state index contributed by atoms with van der Waals surface area (Å²) in [5, 5.41) is 5.70. The second-order valence-electron chi connectivity index (χ2n) is 4.34. The number of para-hydroxylation sites is 1. The van der Waals surface area contributed by atoms with Crippen molar-refractivity contribution in [1.82, 2.24) is 10.6 Å². The Hall–Kier alpha value is -1.26. The highest BCUT2D eigenvalue weighted by atomic mass is 35.5. The van der Waals surface area contributed by atoms with Crippen LogP contribution in [0.4, 0.5) is 5.69 Å². The molecule has 0 heterocycles. The van der Waals surface area contributed by atoms with E-state index in [0.717, 1.165) is 25.9 Å². The monoisotopic (exact) mass is 285 g/mol. The van der Waals surface area contributed by atoms with Gasteiger partial charge in [0, 0.05) is 25.8 Å². The van der Waals surface area contributed by atoms with E-state index in [2.05, 4.69) is 34.7 Å². The van der Waals surface area contributed by atoms with E-state index in [4.69, 9.17) is 0 Å². The van der Waals surface area contributed by atoms with Crippen LogP contribution in [0, 0.1) is 0 Å². The summed E-state index contributed by atoms with van der Waals surface area (Å²) in [5.74, 6) is 0.0638. The first kappa shape index (κ1) is 17.7. The minimum atomic E-state index is 0. The van der Waals surface area contributed by atoms with E-state index >= 15 is 0 Å². The molecule has 0 aliphatic carbocycles. The summed E-state index contributed by atoms with van der Waals surface area (Å²) >= 11 is 0. The van der Waals surface area contributed by atoms with Crippen molar-refractivity contribution in [2.45, 2.75) is 12.8 Å². The number of nitrogens with zero attached hydrogens (tertiary/aromatic N) is 1. The molecular formula is C14H24ClN3O. The Bertz CT molecular complexity index is 346. The van der Waals surface area contributed by atoms with Gasteiger partial charge >= 0.3 is 0 Å². The minimum Gasteiger partial charge on any atom is -0.375 e. The van der Waals surface area contributed by atoms with Crippen LogP contribution in [0.5, 0.6) is 0 Å². The van der Waals surface area contributed by atoms with E-state index in [-0.39, 0.29) is 18.3 Å². The molecule has 0 fully saturated rings. The lowest BCUT2D eigenvalue weighted by atomic mass is 10.2. The average Bonchev–Trinajstić information content (AvgIpc) is 2.39. The molecule has 108 valence electrons. The fraction of sp³-hybridized carbons (Fsp3) is 0.500. The second-order valence-corrected chi connectivity index (χ2v) is 4.34. The van der Waals surface area contributed by atoms with Gasteiger partial charge in [0.1, 0.15) is 0 Å². The Kier molecular flexibility index (Phi) is 9.94. The minimum absolute atomic E-state index is 0. The number of benzene rings is 1. The zero-order valence-corrected chi connectivity index (χ0v) is 12.5. The third-order valence-electron chi connectivity index (χ3n) is 2.78. The summed E-state index contributed by atoms with van der Waals surface area (Å²) in [5.41, 5.74) is 1.23. The van der Waals surface area contributed by atoms with Crippen molar-refractivity contribution in [3.8, 4) is 0 Å². The van der Waals surface area contributed by atoms with Crippen LogP contribution in [0.3, 0.4) is 0 Å². The maximum atomic E-state index is 11.2. The van der Waals surface area contributed by atoms with Gasteiger partial charge < -0.3 is 15.5 Å². The zero-order valence-electron chi connectivity index (χ0n) is 11.7. The summed E-state index contributed by atoms with van der Waals surface area (Å²) in [6.07, 6.45) is 2.08. The van der Waals surface area contributed by atoms with Crippen molar-refractivity contribution in [3.05, 3.63) is 30.3 Å². The van der Waals surface area contributed by atoms with Crippen LogP contribution >= 0.6 is 12.4 Å². The zero-order chi connectivity index (χ0) is 13.2. The molecule has 0 saturated heterocycles. The molecule has 1 amide bonds. The van der Waals surface area contributed by atoms with E-state index in [1.165, 1.54) is 5.69 Å². The average molecular weight is 286 g/mol. The fourth-order valence-corrected chi connectivity index (χ4v) is 1.74. The molecule has 0 aromatic heterocycles. The molecule has 4 nitrogen and oxygen atoms in total. The van der Waals surface area contributed by atoms with Gasteiger partial charge in [0.2, 0.25) is 5.91 Å². The number of halogens is 1. The van der Waals surface area contributed by atoms with Crippen molar-refractivity contribution < 1.29 is 4.79 Å². The molecule has 1 aromatic carbocycles. The predicted octanol–water partition coefficient (Wildman–Crippen LogP) is 1.66. The molecule has 0 bridgehead atoms. The molecule has 0 saturated carbocycles. The number of hydrogen-bond acceptors (Lipinski definition) is 3. The molecule has 0 aliphatic rings. The Morgan fingerprint density at radius 1 is 1.21 bits per heavy atom. The normalized spacial score (nSPS) is 9.58. The van der Waals surface area contributed by atoms with Gasteiger partial charge in [-0.15, -0.1) is 12.4 Å². The fourth-order valence-electron chi connectivity index (χ4n) is 1.74. The van der Waals surface area contributed by atoms with Gasteiger partial charge in [0.05, 0.1) is 6.54 Å². The Balaban J connectivity index is 0.00000324. The lowest BCUT2D eigenvalue weighted by Gasteiger charge is -2.19. The van der Waals surface area contributed by atoms with Gasteiger partial charge in [-0.3, -0.25) is 4.79 Å². The Labute approximate surface area is 122 Å². The van der Waals surface area contributed by atoms with Gasteiger partial charge in [0.15, 0.2) is 0 Å². The highest BCUT2D eigenvalue weighted by Crippen LogP contribution is 2.11. The first-order valence-corrected chi connectivity index (χ1v) is 6.41. The smallest absolute Gasteiger partial charge is 0.233 e. The molecule has 1 rings (SSSR count). The maximum Gasteiger partial charge on any atom is 0.233 e. The summed E-state index contributed by atoms with van der Waals surface area (Å²) in [7, 11) is 3.86. The highest BCUT2D eigenvalue weighted by molar-refractivity contribution is 5.85. The van der Waals surface area contributed by atoms with Crippen LogP contribution < -0.4 is 15.5 Å². The van der Waals surface area contributed by atoms with Gasteiger partial charge in [-0.25, -0.2) is 0 Å². The largest absolute Gasteiger partial charge is 0.375 e. The number of amides is 1. The molecule has 0 aliphatic heterocycles. The number of likely N-dealkylation sites (N-methyl/N-ethyl adjacent to an activating group) is 1. The Morgan fingerprint density at radius 3 is 2.53 bits per heavy atom. The summed E-state index contributed by atoms with van der Waals surface area (Å²) in [4.78, 5) is 13.4. The van der Waals surface area contributed by atoms with Crippen molar-refractivity contribution in [3.63, 3.8) is 0 Å². The molecule has 1 aromatic rings. The quantitative estimate of drug-likeness (QED) is 0.714. The van der Waals surface area contributed by atoms with Crippen LogP contribution in [-0.2, 0) is 4.79 Å². The standard InChI is InChI=1S/C14H23N3O.ClH/c1-15-12-14(18)16-10-6-7-11-17(2)13-8-4-3-5-9-13;/h3-5,8-9,15H,6-7,10-12H2,1-2H3,(H,16,18);1H. The van der Waals surface area contributed by atoms with Gasteiger partial charge in [-0.1, -0.05) is 18.2 Å². The predicted molar refractivity (Wildman–Crippen MR) is 83.1 cm³/mol. The van der Waals surface area contributed by atoms with E-state index in [0.29, 0.717) is 6.54 Å². The van der Waals surface area contributed by atoms with Gasteiger partial charge in [-0.2, -0.15) is 0 Å². The molecule has 0 spiro atoms. The number of carbonyl (C=O) groups is 1. The van der Waals surface area contributed by atoms with Crippen LogP contribution in [0.2, 0.25) is 0 Å². The number of hydrogen-bond donors (Lipinski definition) is 2. The van der Waals surface area contributed by atoms with Crippen molar-refractivity contribution in [2.75, 3.05) is 38.6 Å². The first-order chi connectivity index (χ1) is 8.74. The molecule has 0 radical (unpaired) electrons. The van der Waals surface area contributed by atoms with Gasteiger partial charge in [-0.05, 0) is 32.0 Å². The molecule has 0 atom stereocenters. The molecule has 5 heteroatoms. The third kappa shape index (κ3) is 7.70. The lowest BCUT2D eigenvalue weighted by molar-refractivity contribution is -0.120. The molecule has 2 N–H and O–H groups in total. The van der Waals surface area contributed by atoms with E-state index < -0.39 is 0 Å². The third-order valence-corrected chi connectivity index (χ3v) is 2.78. The van der Waals surface area contributed by atoms with Crippen LogP contribution in [0.25, 0.3) is 0 Å². The van der Waals surface area contributed by atoms with Crippen molar-refractivity contribution >= 4 is 24.0 Å². The molecule has 19 heavy (non-hydrogen) atoms. The van der Waals surface area contributed by atoms with Crippen molar-refractivity contribution in [2.24, 2.45) is 0 Å². The molecular weight excluding hydrogens is 262 g/mol. The van der Waals surface area contributed by atoms with Crippen LogP contribution in [0.1, 0.15) is 12.8 Å². The lowest BCUT2D eigenvalue weighted by Crippen LogP contribution is -2.33. The number of unbranched alkanes of at least 4 members (excludes halogenated alkanes) is 1. The van der Waals surface area contributed by atoms with E-state index in [1.54, 1.807) is 7.05 Å². The van der Waals surface area contributed by atoms with Crippen LogP contribution in [0.15, 0.2) is 30.3 Å². The topological polar surface area (TPSA) is 44.4 Å². The number of carbonyl (C=O) groups excluding carboxylic acids is 1. The van der Waals surface area contributed by atoms with E-state index in [1.807, 2.05) is 18.2 Å². The number of nitrogens with one attached hydrogen (secondary N) is 2. The summed E-state index contributed by atoms with van der Waals surface area (Å²) in [6.45, 7) is 2.15. The summed E-state index contributed by atoms with van der Waals surface area (Å²) < 4.78 is 0. The number of anilines is 1. The van der Waals surface area contributed by atoms with E-state index in [9.17, 15) is 4.79 Å². The first-order valence-electron chi connectivity index (χ1n) is 6.41. The molecule has 0 unspecified atom stereocenters. The second kappa shape index (κ2) is 10.6. The van der Waals surface area contributed by atoms with Crippen molar-refractivity contribution in [1.29, 1.82) is 0 Å². The SMILES string of the molecule is CNCC(=O)NCCCCN(C)c1ccccc1.Cl. The number of rotatable bonds is 8. The summed E-state index contributed by atoms with van der Waals surface area (Å²) in [6, 6.07) is 10.3. The maximum absolute atomic E-state index is 11.2.